The van der Waals surface area contributed by atoms with Crippen LogP contribution in [0.3, 0.4) is 0 Å². The maximum Gasteiger partial charge on any atom is 0.326 e. The number of carboxylic acids is 1. The van der Waals surface area contributed by atoms with Gasteiger partial charge in [0.25, 0.3) is 0 Å². The van der Waals surface area contributed by atoms with Crippen LogP contribution in [0.1, 0.15) is 5.56 Å². The molecule has 1 heterocycles. The number of morpholine rings is 1. The SMILES string of the molecule is O=C(O)[C@H](Cc1ccccc1Br)NC(=O)N1CCOCC1. The normalized spacial score (nSPS) is 16.3. The molecular weight excluding hydrogens is 340 g/mol. The van der Waals surface area contributed by atoms with Gasteiger partial charge in [-0.2, -0.15) is 0 Å². The van der Waals surface area contributed by atoms with Crippen LogP contribution in [0.4, 0.5) is 4.79 Å². The number of nitrogens with zero attached hydrogens (tertiary/aromatic N) is 1. The second kappa shape index (κ2) is 7.42. The average molecular weight is 357 g/mol. The molecule has 0 bridgehead atoms. The molecule has 1 aromatic rings. The molecule has 1 aromatic carbocycles. The second-order valence-electron chi connectivity index (χ2n) is 4.74. The first-order chi connectivity index (χ1) is 10.1. The molecule has 0 spiro atoms. The largest absolute Gasteiger partial charge is 0.480 e. The first kappa shape index (κ1) is 15.8. The number of ether oxygens (including phenoxy) is 1. The summed E-state index contributed by atoms with van der Waals surface area (Å²) in [5, 5.41) is 11.9. The summed E-state index contributed by atoms with van der Waals surface area (Å²) in [5.41, 5.74) is 0.840. The predicted molar refractivity (Wildman–Crippen MR) is 80.2 cm³/mol. The summed E-state index contributed by atoms with van der Waals surface area (Å²) in [6.45, 7) is 1.92. The van der Waals surface area contributed by atoms with Crippen molar-refractivity contribution in [1.29, 1.82) is 0 Å². The summed E-state index contributed by atoms with van der Waals surface area (Å²) >= 11 is 3.38. The molecule has 1 aliphatic rings. The van der Waals surface area contributed by atoms with Crippen LogP contribution < -0.4 is 5.32 Å². The van der Waals surface area contributed by atoms with Crippen LogP contribution in [0, 0.1) is 0 Å². The number of halogens is 1. The van der Waals surface area contributed by atoms with E-state index in [1.807, 2.05) is 24.3 Å². The number of carboxylic acid groups (broad SMARTS) is 1. The maximum absolute atomic E-state index is 12.1. The Morgan fingerprint density at radius 2 is 2.00 bits per heavy atom. The van der Waals surface area contributed by atoms with Gasteiger partial charge in [-0.3, -0.25) is 0 Å². The molecule has 0 radical (unpaired) electrons. The smallest absolute Gasteiger partial charge is 0.326 e. The van der Waals surface area contributed by atoms with Crippen molar-refractivity contribution >= 4 is 27.9 Å². The third-order valence-electron chi connectivity index (χ3n) is 3.28. The Balaban J connectivity index is 2.00. The van der Waals surface area contributed by atoms with Gasteiger partial charge in [0.05, 0.1) is 13.2 Å². The lowest BCUT2D eigenvalue weighted by Crippen LogP contribution is -2.51. The zero-order chi connectivity index (χ0) is 15.2. The lowest BCUT2D eigenvalue weighted by molar-refractivity contribution is -0.139. The summed E-state index contributed by atoms with van der Waals surface area (Å²) in [5.74, 6) is -1.05. The lowest BCUT2D eigenvalue weighted by Gasteiger charge is -2.28. The molecule has 0 aliphatic carbocycles. The summed E-state index contributed by atoms with van der Waals surface area (Å²) < 4.78 is 6.00. The van der Waals surface area contributed by atoms with E-state index in [2.05, 4.69) is 21.2 Å². The highest BCUT2D eigenvalue weighted by atomic mass is 79.9. The van der Waals surface area contributed by atoms with Crippen LogP contribution in [0.2, 0.25) is 0 Å². The third-order valence-corrected chi connectivity index (χ3v) is 4.05. The van der Waals surface area contributed by atoms with Crippen LogP contribution in [0.15, 0.2) is 28.7 Å². The van der Waals surface area contributed by atoms with Gasteiger partial charge in [0, 0.05) is 24.0 Å². The van der Waals surface area contributed by atoms with E-state index >= 15 is 0 Å². The minimum absolute atomic E-state index is 0.229. The lowest BCUT2D eigenvalue weighted by atomic mass is 10.1. The molecule has 6 nitrogen and oxygen atoms in total. The number of carbonyl (C=O) groups excluding carboxylic acids is 1. The summed E-state index contributed by atoms with van der Waals surface area (Å²) in [4.78, 5) is 25.0. The van der Waals surface area contributed by atoms with Gasteiger partial charge in [-0.1, -0.05) is 34.1 Å². The highest BCUT2D eigenvalue weighted by Gasteiger charge is 2.25. The standard InChI is InChI=1S/C14H17BrN2O4/c15-11-4-2-1-3-10(11)9-12(13(18)19)16-14(20)17-5-7-21-8-6-17/h1-4,12H,5-9H2,(H,16,20)(H,18,19)/t12-/m0/s1. The van der Waals surface area contributed by atoms with Crippen molar-refractivity contribution < 1.29 is 19.4 Å². The fourth-order valence-electron chi connectivity index (χ4n) is 2.09. The topological polar surface area (TPSA) is 78.9 Å². The Bertz CT molecular complexity index is 517. The quantitative estimate of drug-likeness (QED) is 0.856. The van der Waals surface area contributed by atoms with E-state index in [9.17, 15) is 14.7 Å². The molecule has 114 valence electrons. The molecule has 1 fully saturated rings. The van der Waals surface area contributed by atoms with Crippen molar-refractivity contribution in [1.82, 2.24) is 10.2 Å². The van der Waals surface area contributed by atoms with E-state index in [1.165, 1.54) is 0 Å². The minimum atomic E-state index is -1.05. The molecule has 1 atom stereocenters. The van der Waals surface area contributed by atoms with Crippen molar-refractivity contribution in [3.8, 4) is 0 Å². The second-order valence-corrected chi connectivity index (χ2v) is 5.59. The Morgan fingerprint density at radius 1 is 1.33 bits per heavy atom. The van der Waals surface area contributed by atoms with E-state index in [0.717, 1.165) is 10.0 Å². The zero-order valence-corrected chi connectivity index (χ0v) is 13.0. The van der Waals surface area contributed by atoms with Gasteiger partial charge in [0.15, 0.2) is 0 Å². The highest BCUT2D eigenvalue weighted by Crippen LogP contribution is 2.17. The molecule has 0 unspecified atom stereocenters. The Hall–Kier alpha value is -1.60. The Labute approximate surface area is 131 Å². The monoisotopic (exact) mass is 356 g/mol. The number of nitrogens with one attached hydrogen (secondary N) is 1. The molecule has 21 heavy (non-hydrogen) atoms. The van der Waals surface area contributed by atoms with Gasteiger partial charge in [-0.25, -0.2) is 9.59 Å². The number of carbonyl (C=O) groups is 2. The van der Waals surface area contributed by atoms with E-state index in [1.54, 1.807) is 4.90 Å². The van der Waals surface area contributed by atoms with Crippen LogP contribution in [-0.4, -0.2) is 54.4 Å². The van der Waals surface area contributed by atoms with Gasteiger partial charge in [0.1, 0.15) is 6.04 Å². The van der Waals surface area contributed by atoms with Gasteiger partial charge < -0.3 is 20.1 Å². The Kier molecular flexibility index (Phi) is 5.58. The molecule has 2 amide bonds. The summed E-state index contributed by atoms with van der Waals surface area (Å²) in [6, 6.07) is 6.05. The number of rotatable bonds is 4. The summed E-state index contributed by atoms with van der Waals surface area (Å²) in [6.07, 6.45) is 0.229. The number of urea groups is 1. The molecule has 0 aromatic heterocycles. The average Bonchev–Trinajstić information content (AvgIpc) is 2.49. The van der Waals surface area contributed by atoms with Crippen molar-refractivity contribution in [2.45, 2.75) is 12.5 Å². The molecule has 1 saturated heterocycles. The van der Waals surface area contributed by atoms with Crippen LogP contribution >= 0.6 is 15.9 Å². The molecule has 0 saturated carbocycles. The molecular formula is C14H17BrN2O4. The van der Waals surface area contributed by atoms with Gasteiger partial charge in [0.2, 0.25) is 0 Å². The zero-order valence-electron chi connectivity index (χ0n) is 11.4. The summed E-state index contributed by atoms with van der Waals surface area (Å²) in [7, 11) is 0. The van der Waals surface area contributed by atoms with Crippen LogP contribution in [0.5, 0.6) is 0 Å². The number of hydrogen-bond donors (Lipinski definition) is 2. The van der Waals surface area contributed by atoms with Crippen LogP contribution in [0.25, 0.3) is 0 Å². The number of hydrogen-bond acceptors (Lipinski definition) is 3. The fourth-order valence-corrected chi connectivity index (χ4v) is 2.54. The van der Waals surface area contributed by atoms with Crippen molar-refractivity contribution in [2.75, 3.05) is 26.3 Å². The molecule has 7 heteroatoms. The van der Waals surface area contributed by atoms with E-state index in [0.29, 0.717) is 26.3 Å². The third kappa shape index (κ3) is 4.44. The number of aliphatic carboxylic acids is 1. The number of benzene rings is 1. The Morgan fingerprint density at radius 3 is 2.62 bits per heavy atom. The van der Waals surface area contributed by atoms with E-state index in [4.69, 9.17) is 4.74 Å². The van der Waals surface area contributed by atoms with E-state index < -0.39 is 12.0 Å². The molecule has 2 rings (SSSR count). The van der Waals surface area contributed by atoms with Crippen LogP contribution in [-0.2, 0) is 16.0 Å². The molecule has 1 aliphatic heterocycles. The predicted octanol–water partition coefficient (Wildman–Crippen LogP) is 1.49. The van der Waals surface area contributed by atoms with Crippen molar-refractivity contribution in [3.05, 3.63) is 34.3 Å². The van der Waals surface area contributed by atoms with Gasteiger partial charge in [-0.15, -0.1) is 0 Å². The van der Waals surface area contributed by atoms with Crippen molar-refractivity contribution in [2.24, 2.45) is 0 Å². The fraction of sp³-hybridized carbons (Fsp3) is 0.429. The molecule has 2 N–H and O–H groups in total. The van der Waals surface area contributed by atoms with Crippen molar-refractivity contribution in [3.63, 3.8) is 0 Å². The van der Waals surface area contributed by atoms with Gasteiger partial charge in [-0.05, 0) is 11.6 Å². The first-order valence-electron chi connectivity index (χ1n) is 6.67. The first-order valence-corrected chi connectivity index (χ1v) is 7.46. The number of amides is 2. The highest BCUT2D eigenvalue weighted by molar-refractivity contribution is 9.10. The van der Waals surface area contributed by atoms with E-state index in [-0.39, 0.29) is 12.5 Å². The maximum atomic E-state index is 12.1. The minimum Gasteiger partial charge on any atom is -0.480 e. The van der Waals surface area contributed by atoms with Gasteiger partial charge >= 0.3 is 12.0 Å².